The van der Waals surface area contributed by atoms with Crippen molar-refractivity contribution < 1.29 is 14.7 Å². The average Bonchev–Trinajstić information content (AvgIpc) is 2.79. The minimum absolute atomic E-state index is 0.148. The van der Waals surface area contributed by atoms with Gasteiger partial charge in [0.15, 0.2) is 0 Å². The lowest BCUT2D eigenvalue weighted by molar-refractivity contribution is -0.119. The van der Waals surface area contributed by atoms with Crippen molar-refractivity contribution in [1.82, 2.24) is 10.2 Å². The molecule has 0 aromatic heterocycles. The molecule has 2 amide bonds. The third kappa shape index (κ3) is 5.51. The molecule has 2 aromatic carbocycles. The fourth-order valence-electron chi connectivity index (χ4n) is 4.43. The Morgan fingerprint density at radius 2 is 1.77 bits per heavy atom. The van der Waals surface area contributed by atoms with Crippen molar-refractivity contribution in [3.8, 4) is 0 Å². The molecule has 31 heavy (non-hydrogen) atoms. The van der Waals surface area contributed by atoms with Gasteiger partial charge in [0.2, 0.25) is 5.91 Å². The molecule has 2 heterocycles. The summed E-state index contributed by atoms with van der Waals surface area (Å²) in [7, 11) is 0. The maximum Gasteiger partial charge on any atom is 0.251 e. The topological polar surface area (TPSA) is 72.9 Å². The highest BCUT2D eigenvalue weighted by Crippen LogP contribution is 2.21. The van der Waals surface area contributed by atoms with Gasteiger partial charge in [-0.2, -0.15) is 0 Å². The van der Waals surface area contributed by atoms with E-state index in [9.17, 15) is 14.7 Å². The summed E-state index contributed by atoms with van der Waals surface area (Å²) in [5.74, 6) is -0.00902. The molecule has 0 spiro atoms. The molecule has 1 saturated heterocycles. The van der Waals surface area contributed by atoms with Gasteiger partial charge in [0.1, 0.15) is 0 Å². The van der Waals surface area contributed by atoms with E-state index in [0.29, 0.717) is 31.5 Å². The van der Waals surface area contributed by atoms with Crippen molar-refractivity contribution in [2.45, 2.75) is 44.8 Å². The Labute approximate surface area is 183 Å². The number of fused-ring (bicyclic) bond motifs is 1. The quantitative estimate of drug-likeness (QED) is 0.721. The summed E-state index contributed by atoms with van der Waals surface area (Å²) in [6, 6.07) is 15.7. The summed E-state index contributed by atoms with van der Waals surface area (Å²) < 4.78 is 0. The van der Waals surface area contributed by atoms with Gasteiger partial charge in [-0.1, -0.05) is 24.3 Å². The molecular weight excluding hydrogens is 390 g/mol. The van der Waals surface area contributed by atoms with Crippen molar-refractivity contribution in [3.63, 3.8) is 0 Å². The summed E-state index contributed by atoms with van der Waals surface area (Å²) >= 11 is 0. The number of aliphatic hydroxyl groups is 1. The number of nitrogens with zero attached hydrogens (tertiary/aromatic N) is 2. The van der Waals surface area contributed by atoms with Gasteiger partial charge in [-0.25, -0.2) is 0 Å². The number of carbonyl (C=O) groups excluding carboxylic acids is 2. The molecule has 6 heteroatoms. The zero-order chi connectivity index (χ0) is 21.6. The first-order chi connectivity index (χ1) is 15.1. The first-order valence-electron chi connectivity index (χ1n) is 11.3. The lowest BCUT2D eigenvalue weighted by Crippen LogP contribution is -2.38. The first-order valence-corrected chi connectivity index (χ1v) is 11.3. The molecule has 2 aliphatic rings. The van der Waals surface area contributed by atoms with Gasteiger partial charge in [-0.15, -0.1) is 0 Å². The van der Waals surface area contributed by atoms with Crippen LogP contribution in [0.3, 0.4) is 0 Å². The molecule has 1 unspecified atom stereocenters. The van der Waals surface area contributed by atoms with Gasteiger partial charge in [0, 0.05) is 50.4 Å². The van der Waals surface area contributed by atoms with Crippen LogP contribution >= 0.6 is 0 Å². The minimum Gasteiger partial charge on any atom is -0.392 e. The predicted octanol–water partition coefficient (Wildman–Crippen LogP) is 2.74. The van der Waals surface area contributed by atoms with E-state index in [-0.39, 0.29) is 11.8 Å². The Kier molecular flexibility index (Phi) is 6.99. The van der Waals surface area contributed by atoms with E-state index in [0.717, 1.165) is 44.6 Å². The second-order valence-corrected chi connectivity index (χ2v) is 8.50. The van der Waals surface area contributed by atoms with E-state index in [2.05, 4.69) is 34.5 Å². The number of piperidine rings is 1. The fraction of sp³-hybridized carbons (Fsp3) is 0.440. The number of β-amino-alcohol motifs (C(OH)–C–C–N with tert-alkyl or cyclic N) is 1. The van der Waals surface area contributed by atoms with E-state index in [4.69, 9.17) is 0 Å². The number of amides is 2. The molecule has 2 aromatic rings. The molecule has 0 bridgehead atoms. The number of hydrogen-bond acceptors (Lipinski definition) is 4. The summed E-state index contributed by atoms with van der Waals surface area (Å²) in [6.45, 7) is 3.60. The van der Waals surface area contributed by atoms with Crippen molar-refractivity contribution in [2.75, 3.05) is 31.1 Å². The highest BCUT2D eigenvalue weighted by Gasteiger charge is 2.20. The summed E-state index contributed by atoms with van der Waals surface area (Å²) in [4.78, 5) is 28.5. The Balaban J connectivity index is 1.20. The van der Waals surface area contributed by atoms with Crippen molar-refractivity contribution in [2.24, 2.45) is 0 Å². The number of aliphatic hydroxyl groups excluding tert-OH is 1. The monoisotopic (exact) mass is 421 g/mol. The smallest absolute Gasteiger partial charge is 0.251 e. The highest BCUT2D eigenvalue weighted by atomic mass is 16.3. The van der Waals surface area contributed by atoms with Crippen molar-refractivity contribution in [3.05, 3.63) is 65.2 Å². The maximum atomic E-state index is 12.4. The van der Waals surface area contributed by atoms with Crippen LogP contribution in [-0.2, 0) is 17.8 Å². The molecule has 1 atom stereocenters. The van der Waals surface area contributed by atoms with Crippen LogP contribution in [0.1, 0.15) is 47.2 Å². The Morgan fingerprint density at radius 3 is 2.55 bits per heavy atom. The van der Waals surface area contributed by atoms with Crippen LogP contribution in [0, 0.1) is 0 Å². The minimum atomic E-state index is -0.474. The van der Waals surface area contributed by atoms with Crippen LogP contribution in [0.25, 0.3) is 0 Å². The molecule has 2 aliphatic heterocycles. The van der Waals surface area contributed by atoms with Gasteiger partial charge in [0.25, 0.3) is 5.91 Å². The molecule has 164 valence electrons. The summed E-state index contributed by atoms with van der Waals surface area (Å²) in [5, 5.41) is 13.3. The van der Waals surface area contributed by atoms with Gasteiger partial charge < -0.3 is 15.3 Å². The zero-order valence-electron chi connectivity index (χ0n) is 17.9. The highest BCUT2D eigenvalue weighted by molar-refractivity contribution is 5.96. The van der Waals surface area contributed by atoms with Crippen LogP contribution in [-0.4, -0.2) is 54.1 Å². The number of anilines is 1. The molecule has 0 aliphatic carbocycles. The van der Waals surface area contributed by atoms with E-state index >= 15 is 0 Å². The Morgan fingerprint density at radius 1 is 1.00 bits per heavy atom. The SMILES string of the molecule is O=C(NCCC(O)CN1CCc2ccccc2C1)c1ccc(N2CCCCC2=O)cc1. The van der Waals surface area contributed by atoms with Crippen LogP contribution in [0.5, 0.6) is 0 Å². The second kappa shape index (κ2) is 10.1. The molecule has 2 N–H and O–H groups in total. The fourth-order valence-corrected chi connectivity index (χ4v) is 4.43. The molecule has 4 rings (SSSR count). The predicted molar refractivity (Wildman–Crippen MR) is 121 cm³/mol. The lowest BCUT2D eigenvalue weighted by Gasteiger charge is -2.30. The number of nitrogens with one attached hydrogen (secondary N) is 1. The summed E-state index contributed by atoms with van der Waals surface area (Å²) in [5.41, 5.74) is 4.15. The molecule has 6 nitrogen and oxygen atoms in total. The first kappa shape index (κ1) is 21.5. The summed E-state index contributed by atoms with van der Waals surface area (Å²) in [6.07, 6.45) is 3.61. The van der Waals surface area contributed by atoms with Crippen molar-refractivity contribution in [1.29, 1.82) is 0 Å². The van der Waals surface area contributed by atoms with Crippen LogP contribution in [0.15, 0.2) is 48.5 Å². The van der Waals surface area contributed by atoms with E-state index in [1.165, 1.54) is 11.1 Å². The van der Waals surface area contributed by atoms with Crippen LogP contribution in [0.2, 0.25) is 0 Å². The van der Waals surface area contributed by atoms with Gasteiger partial charge in [0.05, 0.1) is 6.10 Å². The molecule has 0 radical (unpaired) electrons. The third-order valence-corrected chi connectivity index (χ3v) is 6.21. The number of rotatable bonds is 7. The van der Waals surface area contributed by atoms with E-state index in [1.807, 2.05) is 12.1 Å². The average molecular weight is 422 g/mol. The Hall–Kier alpha value is -2.70. The Bertz CT molecular complexity index is 912. The molecule has 1 fully saturated rings. The number of benzene rings is 2. The normalized spacial score (nSPS) is 17.8. The standard InChI is InChI=1S/C25H31N3O3/c29-23(18-27-16-13-19-5-1-2-6-21(19)17-27)12-14-26-25(31)20-8-10-22(11-9-20)28-15-4-3-7-24(28)30/h1-2,5-6,8-11,23,29H,3-4,7,12-18H2,(H,26,31). The van der Waals surface area contributed by atoms with Gasteiger partial charge in [-0.3, -0.25) is 14.5 Å². The largest absolute Gasteiger partial charge is 0.392 e. The van der Waals surface area contributed by atoms with E-state index in [1.54, 1.807) is 17.0 Å². The van der Waals surface area contributed by atoms with Gasteiger partial charge in [-0.05, 0) is 61.1 Å². The van der Waals surface area contributed by atoms with Gasteiger partial charge >= 0.3 is 0 Å². The zero-order valence-corrected chi connectivity index (χ0v) is 17.9. The van der Waals surface area contributed by atoms with Crippen molar-refractivity contribution >= 4 is 17.5 Å². The van der Waals surface area contributed by atoms with E-state index < -0.39 is 6.10 Å². The molecular formula is C25H31N3O3. The second-order valence-electron chi connectivity index (χ2n) is 8.50. The lowest BCUT2D eigenvalue weighted by atomic mass is 9.99. The number of carbonyl (C=O) groups is 2. The molecule has 0 saturated carbocycles. The third-order valence-electron chi connectivity index (χ3n) is 6.21. The maximum absolute atomic E-state index is 12.4. The van der Waals surface area contributed by atoms with Crippen LogP contribution in [0.4, 0.5) is 5.69 Å². The van der Waals surface area contributed by atoms with Crippen LogP contribution < -0.4 is 10.2 Å². The number of hydrogen-bond donors (Lipinski definition) is 2.